The maximum atomic E-state index is 12.2. The van der Waals surface area contributed by atoms with E-state index < -0.39 is 0 Å². The molecule has 0 saturated carbocycles. The van der Waals surface area contributed by atoms with Gasteiger partial charge in [-0.25, -0.2) is 9.97 Å². The number of carbonyl (C=O) groups is 1. The van der Waals surface area contributed by atoms with E-state index in [9.17, 15) is 4.79 Å². The zero-order valence-corrected chi connectivity index (χ0v) is 20.0. The monoisotopic (exact) mass is 430 g/mol. The minimum absolute atomic E-state index is 0.0210. The number of carbonyl (C=O) groups excluding carboxylic acids is 1. The number of anilines is 1. The van der Waals surface area contributed by atoms with Crippen LogP contribution in [-0.2, 0) is 5.75 Å². The Labute approximate surface area is 185 Å². The van der Waals surface area contributed by atoms with Gasteiger partial charge in [0, 0.05) is 36.2 Å². The molecule has 2 rings (SSSR count). The maximum absolute atomic E-state index is 12.2. The molecular weight excluding hydrogens is 394 g/mol. The van der Waals surface area contributed by atoms with Gasteiger partial charge in [0.2, 0.25) is 0 Å². The Morgan fingerprint density at radius 1 is 1.13 bits per heavy atom. The van der Waals surface area contributed by atoms with Gasteiger partial charge in [-0.3, -0.25) is 4.79 Å². The van der Waals surface area contributed by atoms with Gasteiger partial charge in [-0.2, -0.15) is 0 Å². The van der Waals surface area contributed by atoms with Crippen LogP contribution in [0.2, 0.25) is 0 Å². The summed E-state index contributed by atoms with van der Waals surface area (Å²) in [5.74, 6) is 2.10. The van der Waals surface area contributed by atoms with Crippen LogP contribution in [0.5, 0.6) is 0 Å². The van der Waals surface area contributed by atoms with Crippen molar-refractivity contribution in [2.45, 2.75) is 44.5 Å². The lowest BCUT2D eigenvalue weighted by molar-refractivity contribution is -0.856. The van der Waals surface area contributed by atoms with E-state index >= 15 is 0 Å². The van der Waals surface area contributed by atoms with Crippen LogP contribution in [0.15, 0.2) is 35.5 Å². The molecule has 2 N–H and O–H groups in total. The number of hydrogen-bond donors (Lipinski definition) is 2. The second kappa shape index (κ2) is 11.9. The average molecular weight is 431 g/mol. The van der Waals surface area contributed by atoms with E-state index in [1.54, 1.807) is 11.8 Å². The summed E-state index contributed by atoms with van der Waals surface area (Å²) in [7, 11) is 4.15. The van der Waals surface area contributed by atoms with Crippen LogP contribution >= 0.6 is 11.8 Å². The first-order valence-corrected chi connectivity index (χ1v) is 11.7. The largest absolute Gasteiger partial charge is 0.357 e. The lowest BCUT2D eigenvalue weighted by Gasteiger charge is -2.21. The molecule has 30 heavy (non-hydrogen) atoms. The van der Waals surface area contributed by atoms with Gasteiger partial charge in [0.05, 0.1) is 27.2 Å². The molecule has 0 aliphatic rings. The number of benzene rings is 1. The van der Waals surface area contributed by atoms with Crippen LogP contribution in [0.4, 0.5) is 5.82 Å². The van der Waals surface area contributed by atoms with Crippen molar-refractivity contribution in [1.29, 1.82) is 0 Å². The number of nitrogens with zero attached hydrogens (tertiary/aromatic N) is 3. The summed E-state index contributed by atoms with van der Waals surface area (Å²) in [4.78, 5) is 25.3. The summed E-state index contributed by atoms with van der Waals surface area (Å²) >= 11 is 1.64. The van der Waals surface area contributed by atoms with Gasteiger partial charge in [-0.1, -0.05) is 37.7 Å². The Morgan fingerprint density at radius 3 is 2.37 bits per heavy atom. The third-order valence-corrected chi connectivity index (χ3v) is 5.80. The molecule has 0 spiro atoms. The Morgan fingerprint density at radius 2 is 1.80 bits per heavy atom. The van der Waals surface area contributed by atoms with Crippen molar-refractivity contribution in [2.24, 2.45) is 0 Å². The number of nitrogens with one attached hydrogen (secondary N) is 2. The first-order valence-electron chi connectivity index (χ1n) is 10.8. The Bertz CT molecular complexity index is 804. The van der Waals surface area contributed by atoms with Gasteiger partial charge in [0.25, 0.3) is 5.91 Å². The zero-order valence-electron chi connectivity index (χ0n) is 19.2. The second-order valence-electron chi connectivity index (χ2n) is 7.96. The van der Waals surface area contributed by atoms with Gasteiger partial charge in [0.15, 0.2) is 5.16 Å². The molecular formula is C23H36N5OS+. The van der Waals surface area contributed by atoms with E-state index in [1.165, 1.54) is 4.90 Å². The van der Waals surface area contributed by atoms with Gasteiger partial charge in [-0.05, 0) is 37.5 Å². The molecule has 1 amide bonds. The molecule has 1 aromatic heterocycles. The number of thioether (sulfide) groups is 1. The number of rotatable bonds is 11. The van der Waals surface area contributed by atoms with Crippen LogP contribution < -0.4 is 15.1 Å². The predicted molar refractivity (Wildman–Crippen MR) is 126 cm³/mol. The summed E-state index contributed by atoms with van der Waals surface area (Å²) < 4.78 is 0. The molecule has 6 nitrogen and oxygen atoms in total. The zero-order chi connectivity index (χ0) is 22.1. The maximum Gasteiger partial charge on any atom is 0.251 e. The van der Waals surface area contributed by atoms with Gasteiger partial charge >= 0.3 is 0 Å². The number of aromatic nitrogens is 2. The molecule has 0 aliphatic heterocycles. The van der Waals surface area contributed by atoms with Crippen LogP contribution in [-0.4, -0.2) is 56.1 Å². The van der Waals surface area contributed by atoms with Crippen LogP contribution in [0, 0.1) is 0 Å². The second-order valence-corrected chi connectivity index (χ2v) is 8.90. The molecule has 2 aromatic rings. The van der Waals surface area contributed by atoms with E-state index in [4.69, 9.17) is 9.97 Å². The molecule has 1 heterocycles. The topological polar surface area (TPSA) is 62.6 Å². The highest BCUT2D eigenvalue weighted by molar-refractivity contribution is 7.98. The normalized spacial score (nSPS) is 11.2. The minimum atomic E-state index is -0.0210. The lowest BCUT2D eigenvalue weighted by atomic mass is 10.1. The van der Waals surface area contributed by atoms with Gasteiger partial charge in [0.1, 0.15) is 5.82 Å². The van der Waals surface area contributed by atoms with E-state index in [-0.39, 0.29) is 5.91 Å². The fraction of sp³-hybridized carbons (Fsp3) is 0.522. The van der Waals surface area contributed by atoms with Gasteiger partial charge in [-0.15, -0.1) is 0 Å². The first kappa shape index (κ1) is 24.2. The Balaban J connectivity index is 2.03. The SMILES string of the molecule is CCN(CC)c1cc(C(C)C)nc(SCc2ccc(C(=O)NCC[NH+](C)C)cc2)n1. The molecule has 0 saturated heterocycles. The summed E-state index contributed by atoms with van der Waals surface area (Å²) in [5, 5.41) is 3.76. The summed E-state index contributed by atoms with van der Waals surface area (Å²) in [6, 6.07) is 9.90. The third kappa shape index (κ3) is 7.29. The average Bonchev–Trinajstić information content (AvgIpc) is 2.73. The molecule has 0 aliphatic carbocycles. The molecule has 7 heteroatoms. The standard InChI is InChI=1S/C23H35N5OS/c1-7-28(8-2)21-15-20(17(3)4)25-23(26-21)30-16-18-9-11-19(12-10-18)22(29)24-13-14-27(5)6/h9-12,15,17H,7-8,13-14,16H2,1-6H3,(H,24,29)/p+1. The summed E-state index contributed by atoms with van der Waals surface area (Å²) in [5.41, 5.74) is 2.91. The van der Waals surface area contributed by atoms with Crippen molar-refractivity contribution in [3.63, 3.8) is 0 Å². The fourth-order valence-corrected chi connectivity index (χ4v) is 3.74. The van der Waals surface area contributed by atoms with Crippen molar-refractivity contribution in [3.8, 4) is 0 Å². The molecule has 164 valence electrons. The highest BCUT2D eigenvalue weighted by Crippen LogP contribution is 2.25. The summed E-state index contributed by atoms with van der Waals surface area (Å²) in [6.07, 6.45) is 0. The molecule has 0 atom stereocenters. The van der Waals surface area contributed by atoms with E-state index in [2.05, 4.69) is 58.1 Å². The quantitative estimate of drug-likeness (QED) is 0.424. The van der Waals surface area contributed by atoms with Crippen LogP contribution in [0.25, 0.3) is 0 Å². The van der Waals surface area contributed by atoms with E-state index in [0.29, 0.717) is 18.0 Å². The summed E-state index contributed by atoms with van der Waals surface area (Å²) in [6.45, 7) is 12.0. The van der Waals surface area contributed by atoms with E-state index in [1.807, 2.05) is 24.3 Å². The fourth-order valence-electron chi connectivity index (χ4n) is 2.93. The number of hydrogen-bond acceptors (Lipinski definition) is 5. The molecule has 0 radical (unpaired) electrons. The number of likely N-dealkylation sites (N-methyl/N-ethyl adjacent to an activating group) is 1. The number of quaternary nitrogens is 1. The third-order valence-electron chi connectivity index (χ3n) is 4.89. The Hall–Kier alpha value is -2.12. The predicted octanol–water partition coefficient (Wildman–Crippen LogP) is 2.61. The van der Waals surface area contributed by atoms with Gasteiger partial charge < -0.3 is 15.1 Å². The molecule has 0 fully saturated rings. The van der Waals surface area contributed by atoms with Crippen molar-refractivity contribution in [2.75, 3.05) is 45.2 Å². The lowest BCUT2D eigenvalue weighted by Crippen LogP contribution is -3.06. The van der Waals surface area contributed by atoms with E-state index in [0.717, 1.165) is 47.6 Å². The highest BCUT2D eigenvalue weighted by Gasteiger charge is 2.12. The highest BCUT2D eigenvalue weighted by atomic mass is 32.2. The smallest absolute Gasteiger partial charge is 0.251 e. The Kier molecular flexibility index (Phi) is 9.59. The molecule has 1 aromatic carbocycles. The van der Waals surface area contributed by atoms with Crippen molar-refractivity contribution in [3.05, 3.63) is 47.2 Å². The number of amides is 1. The van der Waals surface area contributed by atoms with Crippen molar-refractivity contribution >= 4 is 23.5 Å². The van der Waals surface area contributed by atoms with Crippen LogP contribution in [0.1, 0.15) is 55.2 Å². The van der Waals surface area contributed by atoms with Crippen molar-refractivity contribution < 1.29 is 9.69 Å². The molecule has 0 unspecified atom stereocenters. The van der Waals surface area contributed by atoms with Crippen LogP contribution in [0.3, 0.4) is 0 Å². The first-order chi connectivity index (χ1) is 14.3. The van der Waals surface area contributed by atoms with Crippen molar-refractivity contribution in [1.82, 2.24) is 15.3 Å². The minimum Gasteiger partial charge on any atom is -0.357 e. The molecule has 0 bridgehead atoms.